The van der Waals surface area contributed by atoms with Crippen molar-refractivity contribution in [1.82, 2.24) is 40.6 Å². The number of aromatic nitrogens is 4. The molecule has 6 N–H and O–H groups in total. The molecule has 192 valence electrons. The fourth-order valence-corrected chi connectivity index (χ4v) is 4.49. The van der Waals surface area contributed by atoms with Gasteiger partial charge in [-0.2, -0.15) is 0 Å². The number of benzene rings is 1. The topological polar surface area (TPSA) is 191 Å². The molecule has 0 saturated heterocycles. The van der Waals surface area contributed by atoms with Gasteiger partial charge < -0.3 is 25.9 Å². The average molecular weight is 517 g/mol. The Bertz CT molecular complexity index is 1260. The summed E-state index contributed by atoms with van der Waals surface area (Å²) >= 11 is 0. The van der Waals surface area contributed by atoms with E-state index in [9.17, 15) is 22.8 Å². The lowest BCUT2D eigenvalue weighted by Gasteiger charge is -2.18. The summed E-state index contributed by atoms with van der Waals surface area (Å²) in [7, 11) is -4.06. The molecule has 0 fully saturated rings. The molecule has 2 heterocycles. The molecule has 14 heteroatoms. The fraction of sp³-hybridized carbons (Fsp3) is 0.318. The number of carbonyl (C=O) groups excluding carboxylic acids is 3. The van der Waals surface area contributed by atoms with Crippen LogP contribution < -0.4 is 20.7 Å². The van der Waals surface area contributed by atoms with Crippen molar-refractivity contribution in [2.24, 2.45) is 0 Å². The summed E-state index contributed by atoms with van der Waals surface area (Å²) in [6.45, 7) is 1.82. The fourth-order valence-electron chi connectivity index (χ4n) is 3.32. The maximum atomic E-state index is 12.7. The minimum absolute atomic E-state index is 0.0157. The van der Waals surface area contributed by atoms with E-state index in [1.807, 2.05) is 4.72 Å². The molecule has 2 aromatic heterocycles. The second-order valence-corrected chi connectivity index (χ2v) is 9.55. The van der Waals surface area contributed by atoms with Crippen molar-refractivity contribution in [2.75, 3.05) is 13.1 Å². The van der Waals surface area contributed by atoms with E-state index in [2.05, 4.69) is 35.9 Å². The van der Waals surface area contributed by atoms with E-state index in [0.29, 0.717) is 24.2 Å². The highest BCUT2D eigenvalue weighted by Gasteiger charge is 2.22. The number of hydrogen-bond acceptors (Lipinski definition) is 7. The van der Waals surface area contributed by atoms with Gasteiger partial charge >= 0.3 is 6.03 Å². The Kier molecular flexibility index (Phi) is 9.16. The van der Waals surface area contributed by atoms with Crippen molar-refractivity contribution in [3.8, 4) is 0 Å². The molecule has 0 aliphatic carbocycles. The normalized spacial score (nSPS) is 11.9. The maximum absolute atomic E-state index is 12.7. The number of aromatic amines is 2. The molecule has 0 saturated carbocycles. The minimum atomic E-state index is -4.06. The number of carbonyl (C=O) groups is 3. The third-order valence-electron chi connectivity index (χ3n) is 5.13. The van der Waals surface area contributed by atoms with E-state index in [0.717, 1.165) is 5.69 Å². The zero-order valence-corrected chi connectivity index (χ0v) is 20.4. The Labute approximate surface area is 207 Å². The largest absolute Gasteiger partial charge is 0.354 e. The van der Waals surface area contributed by atoms with Crippen LogP contribution in [0.1, 0.15) is 23.4 Å². The van der Waals surface area contributed by atoms with E-state index < -0.39 is 28.0 Å². The second-order valence-electron chi connectivity index (χ2n) is 7.90. The number of sulfonamides is 1. The third-order valence-corrected chi connectivity index (χ3v) is 6.62. The highest BCUT2D eigenvalue weighted by atomic mass is 32.2. The molecule has 36 heavy (non-hydrogen) atoms. The summed E-state index contributed by atoms with van der Waals surface area (Å²) in [5, 5.41) is 7.76. The first-order valence-electron chi connectivity index (χ1n) is 11.1. The van der Waals surface area contributed by atoms with Gasteiger partial charge in [-0.15, -0.1) is 0 Å². The molecule has 0 unspecified atom stereocenters. The number of aryl methyl sites for hydroxylation is 1. The standard InChI is InChI=1S/C22H28N8O5S/c1-15-4-2-3-5-19(15)36(34,35)30-22(33)26-9-7-20(31)29-18(10-17-12-24-14-28-17)21(32)25-8-6-16-11-23-13-27-16/h2-5,11-14,18H,6-10H2,1H3,(H,23,27)(H,24,28)(H,25,32)(H,29,31)(H2,26,30,33)/t18-/m0/s1. The zero-order chi connectivity index (χ0) is 26.0. The number of rotatable bonds is 12. The van der Waals surface area contributed by atoms with Crippen LogP contribution in [-0.2, 0) is 32.5 Å². The van der Waals surface area contributed by atoms with E-state index >= 15 is 0 Å². The Morgan fingerprint density at radius 2 is 1.67 bits per heavy atom. The van der Waals surface area contributed by atoms with Crippen molar-refractivity contribution in [1.29, 1.82) is 0 Å². The van der Waals surface area contributed by atoms with Crippen molar-refractivity contribution in [3.05, 3.63) is 66.3 Å². The van der Waals surface area contributed by atoms with Gasteiger partial charge in [-0.05, 0) is 18.6 Å². The summed E-state index contributed by atoms with van der Waals surface area (Å²) in [5.41, 5.74) is 2.00. The Morgan fingerprint density at radius 3 is 2.33 bits per heavy atom. The number of hydrogen-bond donors (Lipinski definition) is 6. The van der Waals surface area contributed by atoms with Crippen molar-refractivity contribution in [2.45, 2.75) is 37.1 Å². The molecule has 0 aliphatic rings. The van der Waals surface area contributed by atoms with Crippen LogP contribution >= 0.6 is 0 Å². The van der Waals surface area contributed by atoms with Crippen LogP contribution in [0.4, 0.5) is 4.79 Å². The zero-order valence-electron chi connectivity index (χ0n) is 19.6. The van der Waals surface area contributed by atoms with Gasteiger partial charge in [-0.25, -0.2) is 27.9 Å². The van der Waals surface area contributed by atoms with Crippen LogP contribution in [0, 0.1) is 6.92 Å². The molecule has 0 bridgehead atoms. The minimum Gasteiger partial charge on any atom is -0.354 e. The molecule has 0 spiro atoms. The van der Waals surface area contributed by atoms with E-state index in [1.54, 1.807) is 43.8 Å². The van der Waals surface area contributed by atoms with E-state index in [1.165, 1.54) is 12.4 Å². The Hall–Kier alpha value is -4.20. The van der Waals surface area contributed by atoms with E-state index in [-0.39, 0.29) is 30.2 Å². The van der Waals surface area contributed by atoms with Gasteiger partial charge in [0.25, 0.3) is 10.0 Å². The second kappa shape index (κ2) is 12.5. The Balaban J connectivity index is 1.47. The van der Waals surface area contributed by atoms with E-state index in [4.69, 9.17) is 0 Å². The molecular weight excluding hydrogens is 488 g/mol. The summed E-state index contributed by atoms with van der Waals surface area (Å²) < 4.78 is 26.7. The molecule has 3 aromatic rings. The first-order chi connectivity index (χ1) is 17.2. The lowest BCUT2D eigenvalue weighted by atomic mass is 10.1. The summed E-state index contributed by atoms with van der Waals surface area (Å²) in [4.78, 5) is 50.9. The van der Waals surface area contributed by atoms with Crippen molar-refractivity contribution < 1.29 is 22.8 Å². The average Bonchev–Trinajstić information content (AvgIpc) is 3.53. The predicted octanol–water partition coefficient (Wildman–Crippen LogP) is -0.0944. The highest BCUT2D eigenvalue weighted by Crippen LogP contribution is 2.13. The first-order valence-corrected chi connectivity index (χ1v) is 12.6. The molecule has 0 radical (unpaired) electrons. The molecular formula is C22H28N8O5S. The van der Waals surface area contributed by atoms with Crippen LogP contribution in [0.5, 0.6) is 0 Å². The quantitative estimate of drug-likeness (QED) is 0.194. The molecule has 1 aromatic carbocycles. The number of nitrogens with zero attached hydrogens (tertiary/aromatic N) is 2. The van der Waals surface area contributed by atoms with Crippen LogP contribution in [0.25, 0.3) is 0 Å². The van der Waals surface area contributed by atoms with Gasteiger partial charge in [-0.1, -0.05) is 18.2 Å². The molecule has 13 nitrogen and oxygen atoms in total. The van der Waals surface area contributed by atoms with Crippen molar-refractivity contribution >= 4 is 27.9 Å². The smallest absolute Gasteiger partial charge is 0.328 e. The number of H-pyrrole nitrogens is 2. The lowest BCUT2D eigenvalue weighted by molar-refractivity contribution is -0.128. The first kappa shape index (κ1) is 26.4. The summed E-state index contributed by atoms with van der Waals surface area (Å²) in [6.07, 6.45) is 6.79. The van der Waals surface area contributed by atoms with Gasteiger partial charge in [0.1, 0.15) is 6.04 Å². The van der Waals surface area contributed by atoms with Gasteiger partial charge in [0.05, 0.1) is 17.6 Å². The number of urea groups is 1. The Morgan fingerprint density at radius 1 is 0.972 bits per heavy atom. The van der Waals surface area contributed by atoms with Gasteiger partial charge in [0.15, 0.2) is 0 Å². The highest BCUT2D eigenvalue weighted by molar-refractivity contribution is 7.90. The summed E-state index contributed by atoms with van der Waals surface area (Å²) in [5.74, 6) is -0.877. The number of imidazole rings is 2. The lowest BCUT2D eigenvalue weighted by Crippen LogP contribution is -2.49. The number of amides is 4. The SMILES string of the molecule is Cc1ccccc1S(=O)(=O)NC(=O)NCCC(=O)N[C@@H](Cc1cnc[nH]1)C(=O)NCCc1cnc[nH]1. The number of nitrogens with one attached hydrogen (secondary N) is 6. The van der Waals surface area contributed by atoms with Crippen LogP contribution in [-0.4, -0.2) is 65.3 Å². The molecule has 4 amide bonds. The van der Waals surface area contributed by atoms with Gasteiger partial charge in [-0.3, -0.25) is 9.59 Å². The molecule has 0 aliphatic heterocycles. The summed E-state index contributed by atoms with van der Waals surface area (Å²) in [6, 6.07) is 4.40. The van der Waals surface area contributed by atoms with Crippen LogP contribution in [0.2, 0.25) is 0 Å². The monoisotopic (exact) mass is 516 g/mol. The van der Waals surface area contributed by atoms with Crippen molar-refractivity contribution in [3.63, 3.8) is 0 Å². The third kappa shape index (κ3) is 7.94. The molecule has 3 rings (SSSR count). The van der Waals surface area contributed by atoms with Crippen LogP contribution in [0.15, 0.2) is 54.2 Å². The maximum Gasteiger partial charge on any atom is 0.328 e. The van der Waals surface area contributed by atoms with Crippen LogP contribution in [0.3, 0.4) is 0 Å². The molecule has 1 atom stereocenters. The van der Waals surface area contributed by atoms with Gasteiger partial charge in [0.2, 0.25) is 11.8 Å². The predicted molar refractivity (Wildman–Crippen MR) is 129 cm³/mol. The van der Waals surface area contributed by atoms with Gasteiger partial charge in [0, 0.05) is 56.1 Å².